The maximum Gasteiger partial charge on any atom is 0.0802 e. The third-order valence-electron chi connectivity index (χ3n) is 2.02. The second-order valence-corrected chi connectivity index (χ2v) is 3.88. The normalized spacial score (nSPS) is 13.1. The van der Waals surface area contributed by atoms with Gasteiger partial charge in [-0.1, -0.05) is 25.5 Å². The zero-order chi connectivity index (χ0) is 10.9. The molecular formula is C12H23NO. The topological polar surface area (TPSA) is 21.6 Å². The van der Waals surface area contributed by atoms with Crippen LogP contribution in [0.1, 0.15) is 40.0 Å². The van der Waals surface area contributed by atoms with E-state index in [0.29, 0.717) is 0 Å². The Hall–Kier alpha value is -0.630. The molecule has 0 N–H and O–H groups in total. The van der Waals surface area contributed by atoms with Crippen LogP contribution in [-0.2, 0) is 4.74 Å². The highest BCUT2D eigenvalue weighted by atomic mass is 16.5. The molecule has 2 heteroatoms. The Kier molecular flexibility index (Phi) is 7.40. The molecule has 0 spiro atoms. The zero-order valence-corrected chi connectivity index (χ0v) is 9.92. The van der Waals surface area contributed by atoms with Crippen LogP contribution < -0.4 is 0 Å². The summed E-state index contributed by atoms with van der Waals surface area (Å²) in [4.78, 5) is 4.29. The largest absolute Gasteiger partial charge is 0.375 e. The van der Waals surface area contributed by atoms with E-state index in [9.17, 15) is 0 Å². The number of unbranched alkanes of at least 4 members (excludes halogenated alkanes) is 1. The van der Waals surface area contributed by atoms with E-state index < -0.39 is 0 Å². The summed E-state index contributed by atoms with van der Waals surface area (Å²) in [7, 11) is 1.73. The molecule has 2 nitrogen and oxygen atoms in total. The first-order chi connectivity index (χ1) is 6.62. The molecule has 0 aliphatic heterocycles. The second-order valence-electron chi connectivity index (χ2n) is 3.88. The number of hydrogen-bond acceptors (Lipinski definition) is 2. The van der Waals surface area contributed by atoms with E-state index in [-0.39, 0.29) is 5.60 Å². The predicted molar refractivity (Wildman–Crippen MR) is 63.1 cm³/mol. The fraction of sp³-hybridized carbons (Fsp3) is 0.750. The number of hydrogen-bond donors (Lipinski definition) is 0. The quantitative estimate of drug-likeness (QED) is 0.349. The van der Waals surface area contributed by atoms with Crippen molar-refractivity contribution in [3.8, 4) is 0 Å². The third-order valence-corrected chi connectivity index (χ3v) is 2.02. The van der Waals surface area contributed by atoms with Crippen LogP contribution in [0.15, 0.2) is 17.1 Å². The molecule has 0 rings (SSSR count). The Labute approximate surface area is 88.1 Å². The highest BCUT2D eigenvalue weighted by Gasteiger charge is 2.09. The molecule has 0 aromatic heterocycles. The van der Waals surface area contributed by atoms with E-state index in [2.05, 4.69) is 24.1 Å². The van der Waals surface area contributed by atoms with Gasteiger partial charge in [0.15, 0.2) is 0 Å². The second kappa shape index (κ2) is 7.74. The fourth-order valence-corrected chi connectivity index (χ4v) is 0.896. The van der Waals surface area contributed by atoms with Gasteiger partial charge in [0.1, 0.15) is 0 Å². The van der Waals surface area contributed by atoms with E-state index in [1.165, 1.54) is 6.42 Å². The molecule has 14 heavy (non-hydrogen) atoms. The van der Waals surface area contributed by atoms with E-state index in [0.717, 1.165) is 19.4 Å². The minimum Gasteiger partial charge on any atom is -0.375 e. The Bertz CT molecular complexity index is 183. The molecule has 0 saturated heterocycles. The molecule has 0 saturated carbocycles. The predicted octanol–water partition coefficient (Wildman–Crippen LogP) is 3.23. The molecule has 0 aromatic rings. The van der Waals surface area contributed by atoms with Crippen molar-refractivity contribution in [2.24, 2.45) is 4.99 Å². The van der Waals surface area contributed by atoms with Gasteiger partial charge in [-0.05, 0) is 32.9 Å². The molecule has 82 valence electrons. The zero-order valence-electron chi connectivity index (χ0n) is 9.92. The molecule has 0 bridgehead atoms. The highest BCUT2D eigenvalue weighted by molar-refractivity contribution is 5.56. The first kappa shape index (κ1) is 13.4. The average molecular weight is 197 g/mol. The van der Waals surface area contributed by atoms with Gasteiger partial charge < -0.3 is 4.74 Å². The van der Waals surface area contributed by atoms with Gasteiger partial charge in [0.05, 0.1) is 5.60 Å². The van der Waals surface area contributed by atoms with Gasteiger partial charge in [-0.2, -0.15) is 0 Å². The Morgan fingerprint density at radius 2 is 2.00 bits per heavy atom. The number of ether oxygens (including phenoxy) is 1. The first-order valence-electron chi connectivity index (χ1n) is 5.33. The van der Waals surface area contributed by atoms with Crippen molar-refractivity contribution in [1.82, 2.24) is 0 Å². The maximum atomic E-state index is 5.26. The van der Waals surface area contributed by atoms with Crippen molar-refractivity contribution in [1.29, 1.82) is 0 Å². The van der Waals surface area contributed by atoms with Crippen LogP contribution in [0.4, 0.5) is 0 Å². The average Bonchev–Trinajstić information content (AvgIpc) is 2.16. The molecule has 0 amide bonds. The summed E-state index contributed by atoms with van der Waals surface area (Å²) in [6, 6.07) is 0. The fourth-order valence-electron chi connectivity index (χ4n) is 0.896. The smallest absolute Gasteiger partial charge is 0.0802 e. The van der Waals surface area contributed by atoms with Crippen LogP contribution in [0.3, 0.4) is 0 Å². The van der Waals surface area contributed by atoms with Gasteiger partial charge in [-0.15, -0.1) is 0 Å². The van der Waals surface area contributed by atoms with E-state index in [4.69, 9.17) is 4.74 Å². The summed E-state index contributed by atoms with van der Waals surface area (Å²) < 4.78 is 5.26. The lowest BCUT2D eigenvalue weighted by atomic mass is 10.1. The number of rotatable bonds is 7. The molecule has 0 aliphatic rings. The lowest BCUT2D eigenvalue weighted by molar-refractivity contribution is 0.0654. The lowest BCUT2D eigenvalue weighted by Crippen LogP contribution is -2.18. The number of nitrogens with zero attached hydrogens (tertiary/aromatic N) is 1. The van der Waals surface area contributed by atoms with Gasteiger partial charge in [0.2, 0.25) is 0 Å². The molecule has 0 aromatic carbocycles. The number of methoxy groups -OCH3 is 1. The van der Waals surface area contributed by atoms with E-state index >= 15 is 0 Å². The van der Waals surface area contributed by atoms with Crippen LogP contribution >= 0.6 is 0 Å². The molecule has 0 unspecified atom stereocenters. The van der Waals surface area contributed by atoms with Crippen LogP contribution in [0.2, 0.25) is 0 Å². The SMILES string of the molecule is CCCC=NCC/C=C\C(C)(C)OC. The standard InChI is InChI=1S/C12H23NO/c1-5-6-10-13-11-8-7-9-12(2,3)14-4/h7,9-10H,5-6,8,11H2,1-4H3/b9-7-,13-10?. The first-order valence-corrected chi connectivity index (χ1v) is 5.33. The summed E-state index contributed by atoms with van der Waals surface area (Å²) in [5.74, 6) is 0. The maximum absolute atomic E-state index is 5.26. The molecule has 0 aliphatic carbocycles. The van der Waals surface area contributed by atoms with Crippen molar-refractivity contribution < 1.29 is 4.74 Å². The van der Waals surface area contributed by atoms with Crippen LogP contribution in [0.25, 0.3) is 0 Å². The molecule has 0 atom stereocenters. The Balaban J connectivity index is 3.53. The van der Waals surface area contributed by atoms with E-state index in [1.54, 1.807) is 7.11 Å². The Morgan fingerprint density at radius 1 is 1.29 bits per heavy atom. The van der Waals surface area contributed by atoms with Crippen LogP contribution in [0.5, 0.6) is 0 Å². The molecule has 0 heterocycles. The van der Waals surface area contributed by atoms with Crippen molar-refractivity contribution in [2.45, 2.75) is 45.6 Å². The van der Waals surface area contributed by atoms with Crippen molar-refractivity contribution >= 4 is 6.21 Å². The molecule has 0 radical (unpaired) electrons. The monoisotopic (exact) mass is 197 g/mol. The summed E-state index contributed by atoms with van der Waals surface area (Å²) in [6.45, 7) is 7.14. The minimum atomic E-state index is -0.146. The van der Waals surface area contributed by atoms with Crippen LogP contribution in [0, 0.1) is 0 Å². The lowest BCUT2D eigenvalue weighted by Gasteiger charge is -2.17. The minimum absolute atomic E-state index is 0.146. The summed E-state index contributed by atoms with van der Waals surface area (Å²) in [6.07, 6.45) is 9.49. The Morgan fingerprint density at radius 3 is 2.57 bits per heavy atom. The van der Waals surface area contributed by atoms with Crippen molar-refractivity contribution in [3.05, 3.63) is 12.2 Å². The van der Waals surface area contributed by atoms with Gasteiger partial charge in [0.25, 0.3) is 0 Å². The molecular weight excluding hydrogens is 174 g/mol. The van der Waals surface area contributed by atoms with Gasteiger partial charge in [0, 0.05) is 13.7 Å². The van der Waals surface area contributed by atoms with Crippen molar-refractivity contribution in [2.75, 3.05) is 13.7 Å². The van der Waals surface area contributed by atoms with Gasteiger partial charge >= 0.3 is 0 Å². The summed E-state index contributed by atoms with van der Waals surface area (Å²) >= 11 is 0. The van der Waals surface area contributed by atoms with Crippen LogP contribution in [-0.4, -0.2) is 25.5 Å². The highest BCUT2D eigenvalue weighted by Crippen LogP contribution is 2.09. The summed E-state index contributed by atoms with van der Waals surface area (Å²) in [5, 5.41) is 0. The molecule has 0 fully saturated rings. The van der Waals surface area contributed by atoms with Gasteiger partial charge in [-0.3, -0.25) is 4.99 Å². The third kappa shape index (κ3) is 7.99. The number of aliphatic imine (C=N–C) groups is 1. The summed E-state index contributed by atoms with van der Waals surface area (Å²) in [5.41, 5.74) is -0.146. The van der Waals surface area contributed by atoms with E-state index in [1.807, 2.05) is 20.1 Å². The van der Waals surface area contributed by atoms with Gasteiger partial charge in [-0.25, -0.2) is 0 Å². The van der Waals surface area contributed by atoms with Crippen molar-refractivity contribution in [3.63, 3.8) is 0 Å².